The molecule has 1 atom stereocenters. The highest BCUT2D eigenvalue weighted by atomic mass is 16.2. The summed E-state index contributed by atoms with van der Waals surface area (Å²) in [6.07, 6.45) is 6.25. The predicted molar refractivity (Wildman–Crippen MR) is 96.1 cm³/mol. The Bertz CT molecular complexity index is 858. The number of hydrogen-bond acceptors (Lipinski definition) is 6. The molecule has 1 saturated heterocycles. The number of carbonyl (C=O) groups excluding carboxylic acids is 1. The molecule has 1 aliphatic heterocycles. The van der Waals surface area contributed by atoms with Crippen molar-refractivity contribution in [1.82, 2.24) is 24.6 Å². The van der Waals surface area contributed by atoms with Gasteiger partial charge in [-0.05, 0) is 37.8 Å². The van der Waals surface area contributed by atoms with E-state index in [0.29, 0.717) is 32.1 Å². The summed E-state index contributed by atoms with van der Waals surface area (Å²) in [7, 11) is 0. The Morgan fingerprint density at radius 2 is 1.85 bits per heavy atom. The maximum atomic E-state index is 12.9. The minimum atomic E-state index is -0.590. The van der Waals surface area contributed by atoms with Crippen molar-refractivity contribution >= 4 is 11.9 Å². The Hall–Kier alpha value is -2.77. The average Bonchev–Trinajstić information content (AvgIpc) is 3.14. The van der Waals surface area contributed by atoms with E-state index in [2.05, 4.69) is 20.0 Å². The van der Waals surface area contributed by atoms with Crippen molar-refractivity contribution in [3.63, 3.8) is 0 Å². The van der Waals surface area contributed by atoms with Gasteiger partial charge in [0.2, 0.25) is 11.9 Å². The van der Waals surface area contributed by atoms with Gasteiger partial charge in [-0.2, -0.15) is 5.10 Å². The fourth-order valence-corrected chi connectivity index (χ4v) is 3.64. The molecule has 2 aromatic heterocycles. The van der Waals surface area contributed by atoms with E-state index >= 15 is 0 Å². The zero-order valence-corrected chi connectivity index (χ0v) is 14.8. The zero-order chi connectivity index (χ0) is 18.1. The third-order valence-electron chi connectivity index (χ3n) is 5.13. The molecule has 136 valence electrons. The first kappa shape index (κ1) is 16.7. The largest absolute Gasteiger partial charge is 0.337 e. The van der Waals surface area contributed by atoms with Crippen LogP contribution in [0.5, 0.6) is 0 Å². The van der Waals surface area contributed by atoms with E-state index in [0.717, 1.165) is 30.5 Å². The van der Waals surface area contributed by atoms with Gasteiger partial charge in [0.1, 0.15) is 6.04 Å². The third kappa shape index (κ3) is 3.07. The maximum Gasteiger partial charge on any atom is 0.267 e. The van der Waals surface area contributed by atoms with Crippen LogP contribution in [-0.2, 0) is 17.6 Å². The topological polar surface area (TPSA) is 84.2 Å². The van der Waals surface area contributed by atoms with Gasteiger partial charge < -0.3 is 9.80 Å². The third-order valence-corrected chi connectivity index (χ3v) is 5.13. The van der Waals surface area contributed by atoms with E-state index in [1.807, 2.05) is 0 Å². The van der Waals surface area contributed by atoms with Crippen LogP contribution in [-0.4, -0.2) is 56.7 Å². The van der Waals surface area contributed by atoms with Gasteiger partial charge in [0.05, 0.1) is 5.69 Å². The van der Waals surface area contributed by atoms with Crippen molar-refractivity contribution < 1.29 is 4.79 Å². The molecule has 8 nitrogen and oxygen atoms in total. The molecule has 0 unspecified atom stereocenters. The molecule has 0 bridgehead atoms. The number of nitrogens with zero attached hydrogens (tertiary/aromatic N) is 6. The molecule has 4 rings (SSSR count). The molecule has 2 aliphatic rings. The lowest BCUT2D eigenvalue weighted by molar-refractivity contribution is -0.135. The summed E-state index contributed by atoms with van der Waals surface area (Å²) in [6.45, 7) is 4.27. The molecule has 1 fully saturated rings. The second-order valence-corrected chi connectivity index (χ2v) is 6.79. The van der Waals surface area contributed by atoms with Crippen LogP contribution in [0.15, 0.2) is 29.3 Å². The Morgan fingerprint density at radius 1 is 1.12 bits per heavy atom. The number of aryl methyl sites for hydroxylation is 2. The maximum absolute atomic E-state index is 12.9. The molecule has 0 spiro atoms. The van der Waals surface area contributed by atoms with Crippen LogP contribution >= 0.6 is 0 Å². The number of aromatic nitrogens is 4. The lowest BCUT2D eigenvalue weighted by Gasteiger charge is -2.35. The van der Waals surface area contributed by atoms with Crippen molar-refractivity contribution in [3.8, 4) is 0 Å². The summed E-state index contributed by atoms with van der Waals surface area (Å²) in [4.78, 5) is 37.6. The smallest absolute Gasteiger partial charge is 0.267 e. The average molecular weight is 354 g/mol. The van der Waals surface area contributed by atoms with E-state index in [1.54, 1.807) is 36.4 Å². The van der Waals surface area contributed by atoms with Gasteiger partial charge in [0.25, 0.3) is 5.56 Å². The minimum absolute atomic E-state index is 0.0637. The van der Waals surface area contributed by atoms with E-state index in [4.69, 9.17) is 0 Å². The van der Waals surface area contributed by atoms with Gasteiger partial charge in [-0.3, -0.25) is 9.59 Å². The molecule has 0 N–H and O–H groups in total. The van der Waals surface area contributed by atoms with Gasteiger partial charge in [-0.1, -0.05) is 0 Å². The molecule has 0 radical (unpaired) electrons. The van der Waals surface area contributed by atoms with Crippen molar-refractivity contribution in [2.75, 3.05) is 31.1 Å². The number of carbonyl (C=O) groups is 1. The SMILES string of the molecule is C[C@H](C(=O)N1CCN(c2ncccn2)CC1)n1nc2c(cc1=O)CCC2. The number of amides is 1. The second kappa shape index (κ2) is 6.86. The summed E-state index contributed by atoms with van der Waals surface area (Å²) in [5.41, 5.74) is 1.79. The molecule has 3 heterocycles. The first-order valence-corrected chi connectivity index (χ1v) is 9.06. The van der Waals surface area contributed by atoms with Crippen molar-refractivity contribution in [2.24, 2.45) is 0 Å². The fraction of sp³-hybridized carbons (Fsp3) is 0.500. The Labute approximate surface area is 151 Å². The van der Waals surface area contributed by atoms with Crippen LogP contribution in [0.3, 0.4) is 0 Å². The van der Waals surface area contributed by atoms with Gasteiger partial charge >= 0.3 is 0 Å². The zero-order valence-electron chi connectivity index (χ0n) is 14.8. The molecule has 2 aromatic rings. The molecular formula is C18H22N6O2. The number of rotatable bonds is 3. The fourth-order valence-electron chi connectivity index (χ4n) is 3.64. The van der Waals surface area contributed by atoms with Crippen molar-refractivity contribution in [1.29, 1.82) is 0 Å². The highest BCUT2D eigenvalue weighted by molar-refractivity contribution is 5.80. The number of fused-ring (bicyclic) bond motifs is 1. The lowest BCUT2D eigenvalue weighted by atomic mass is 10.2. The first-order valence-electron chi connectivity index (χ1n) is 9.06. The number of piperazine rings is 1. The van der Waals surface area contributed by atoms with Crippen LogP contribution in [0, 0.1) is 0 Å². The number of anilines is 1. The summed E-state index contributed by atoms with van der Waals surface area (Å²) in [5.74, 6) is 0.621. The van der Waals surface area contributed by atoms with Crippen molar-refractivity contribution in [3.05, 3.63) is 46.1 Å². The molecule has 26 heavy (non-hydrogen) atoms. The second-order valence-electron chi connectivity index (χ2n) is 6.79. The van der Waals surface area contributed by atoms with Crippen LogP contribution in [0.1, 0.15) is 30.6 Å². The highest BCUT2D eigenvalue weighted by Gasteiger charge is 2.28. The quantitative estimate of drug-likeness (QED) is 0.795. The van der Waals surface area contributed by atoms with Crippen LogP contribution in [0.4, 0.5) is 5.95 Å². The molecule has 0 aromatic carbocycles. The van der Waals surface area contributed by atoms with Crippen molar-refractivity contribution in [2.45, 2.75) is 32.2 Å². The van der Waals surface area contributed by atoms with E-state index in [-0.39, 0.29) is 11.5 Å². The molecule has 0 saturated carbocycles. The summed E-state index contributed by atoms with van der Waals surface area (Å²) in [6, 6.07) is 2.84. The van der Waals surface area contributed by atoms with E-state index in [1.165, 1.54) is 4.68 Å². The van der Waals surface area contributed by atoms with Crippen LogP contribution in [0.25, 0.3) is 0 Å². The highest BCUT2D eigenvalue weighted by Crippen LogP contribution is 2.19. The van der Waals surface area contributed by atoms with Gasteiger partial charge in [0, 0.05) is 44.6 Å². The Kier molecular flexibility index (Phi) is 4.40. The van der Waals surface area contributed by atoms with E-state index in [9.17, 15) is 9.59 Å². The lowest BCUT2D eigenvalue weighted by Crippen LogP contribution is -2.51. The predicted octanol–water partition coefficient (Wildman–Crippen LogP) is 0.432. The monoisotopic (exact) mass is 354 g/mol. The van der Waals surface area contributed by atoms with Gasteiger partial charge in [0.15, 0.2) is 0 Å². The first-order chi connectivity index (χ1) is 12.6. The Balaban J connectivity index is 1.45. The van der Waals surface area contributed by atoms with Gasteiger partial charge in [-0.15, -0.1) is 0 Å². The summed E-state index contributed by atoms with van der Waals surface area (Å²) >= 11 is 0. The number of hydrogen-bond donors (Lipinski definition) is 0. The molecule has 1 amide bonds. The van der Waals surface area contributed by atoms with Crippen LogP contribution in [0.2, 0.25) is 0 Å². The molecular weight excluding hydrogens is 332 g/mol. The normalized spacial score (nSPS) is 17.9. The summed E-state index contributed by atoms with van der Waals surface area (Å²) in [5, 5.41) is 4.46. The Morgan fingerprint density at radius 3 is 2.58 bits per heavy atom. The summed E-state index contributed by atoms with van der Waals surface area (Å²) < 4.78 is 1.35. The van der Waals surface area contributed by atoms with Crippen LogP contribution < -0.4 is 10.5 Å². The minimum Gasteiger partial charge on any atom is -0.337 e. The van der Waals surface area contributed by atoms with E-state index < -0.39 is 6.04 Å². The standard InChI is InChI=1S/C18H22N6O2/c1-13(24-16(25)12-14-4-2-5-15(14)21-24)17(26)22-8-10-23(11-9-22)18-19-6-3-7-20-18/h3,6-7,12-13H,2,4-5,8-11H2,1H3/t13-/m1/s1. The molecule has 1 aliphatic carbocycles. The van der Waals surface area contributed by atoms with Gasteiger partial charge in [-0.25, -0.2) is 14.6 Å². The molecule has 8 heteroatoms.